The molecule has 73 heavy (non-hydrogen) atoms. The molecule has 0 aromatic heterocycles. The van der Waals surface area contributed by atoms with E-state index in [0.717, 1.165) is 26.3 Å². The Balaban J connectivity index is 1.12. The summed E-state index contributed by atoms with van der Waals surface area (Å²) >= 11 is 5.68. The van der Waals surface area contributed by atoms with Gasteiger partial charge in [-0.3, -0.25) is 0 Å². The molecule has 1 unspecified atom stereocenters. The van der Waals surface area contributed by atoms with E-state index in [1.807, 2.05) is 109 Å². The molecule has 15 heteroatoms. The number of thiocarbonyl (C=S) groups is 1. The Kier molecular flexibility index (Phi) is 16.0. The lowest BCUT2D eigenvalue weighted by Gasteiger charge is -2.49. The molecule has 3 saturated heterocycles. The Hall–Kier alpha value is -4.96. The van der Waals surface area contributed by atoms with Crippen LogP contribution in [0.15, 0.2) is 182 Å². The van der Waals surface area contributed by atoms with Crippen LogP contribution >= 0.6 is 12.2 Å². The van der Waals surface area contributed by atoms with Crippen molar-refractivity contribution >= 4 is 54.8 Å². The van der Waals surface area contributed by atoms with Gasteiger partial charge in [-0.15, -0.1) is 0 Å². The summed E-state index contributed by atoms with van der Waals surface area (Å²) < 4.78 is 60.7. The van der Waals surface area contributed by atoms with E-state index in [1.54, 1.807) is 24.3 Å². The minimum Gasteiger partial charge on any atom is -0.445 e. The molecule has 12 nitrogen and oxygen atoms in total. The van der Waals surface area contributed by atoms with Crippen LogP contribution in [0, 0.1) is 0 Å². The van der Waals surface area contributed by atoms with E-state index in [0.29, 0.717) is 5.75 Å². The Morgan fingerprint density at radius 3 is 1.53 bits per heavy atom. The molecule has 0 aliphatic carbocycles. The van der Waals surface area contributed by atoms with E-state index in [1.165, 1.54) is 0 Å². The number of fused-ring (bicyclic) bond motifs is 1. The number of ether oxygens (including phenoxy) is 7. The first kappa shape index (κ1) is 52.9. The first-order valence-corrected chi connectivity index (χ1v) is 29.1. The largest absolute Gasteiger partial charge is 0.445 e. The molecule has 3 aliphatic heterocycles. The number of para-hydroxylation sites is 1. The van der Waals surface area contributed by atoms with Crippen LogP contribution in [0.1, 0.15) is 53.4 Å². The van der Waals surface area contributed by atoms with Crippen molar-refractivity contribution in [1.29, 1.82) is 0 Å². The quantitative estimate of drug-likeness (QED) is 0.0724. The Morgan fingerprint density at radius 2 is 1.05 bits per heavy atom. The monoisotopic (exact) mass is 1040 g/mol. The van der Waals surface area contributed by atoms with E-state index < -0.39 is 94.4 Å². The van der Waals surface area contributed by atoms with Gasteiger partial charge >= 0.3 is 5.24 Å². The molecule has 3 heterocycles. The molecule has 0 amide bonds. The summed E-state index contributed by atoms with van der Waals surface area (Å²) in [5.74, 6) is -1.80. The highest BCUT2D eigenvalue weighted by Gasteiger charge is 2.63. The van der Waals surface area contributed by atoms with Gasteiger partial charge < -0.3 is 57.3 Å². The lowest BCUT2D eigenvalue weighted by Crippen LogP contribution is -2.69. The second-order valence-corrected chi connectivity index (χ2v) is 29.9. The first-order chi connectivity index (χ1) is 35.1. The maximum absolute atomic E-state index is 12.8. The van der Waals surface area contributed by atoms with Gasteiger partial charge in [0, 0.05) is 17.8 Å². The van der Waals surface area contributed by atoms with Crippen molar-refractivity contribution in [3.8, 4) is 5.75 Å². The highest BCUT2D eigenvalue weighted by molar-refractivity contribution is 7.79. The maximum atomic E-state index is 12.8. The van der Waals surface area contributed by atoms with E-state index in [4.69, 9.17) is 54.2 Å². The van der Waals surface area contributed by atoms with Gasteiger partial charge in [-0.1, -0.05) is 211 Å². The molecule has 3 fully saturated rings. The molecule has 10 atom stereocenters. The molecule has 0 saturated carbocycles. The minimum atomic E-state index is -3.41. The summed E-state index contributed by atoms with van der Waals surface area (Å²) in [5, 5.41) is 40.5. The van der Waals surface area contributed by atoms with Crippen LogP contribution in [0.4, 0.5) is 0 Å². The molecule has 0 bridgehead atoms. The minimum absolute atomic E-state index is 0.00855. The van der Waals surface area contributed by atoms with Gasteiger partial charge in [0.05, 0.1) is 19.8 Å². The van der Waals surface area contributed by atoms with E-state index in [9.17, 15) is 15.3 Å². The van der Waals surface area contributed by atoms with Gasteiger partial charge in [-0.25, -0.2) is 0 Å². The van der Waals surface area contributed by atoms with E-state index in [2.05, 4.69) is 90.1 Å². The second kappa shape index (κ2) is 22.1. The average molecular weight is 1040 g/mol. The summed E-state index contributed by atoms with van der Waals surface area (Å²) in [5.41, 5.74) is 0.745. The lowest BCUT2D eigenvalue weighted by molar-refractivity contribution is -0.404. The van der Waals surface area contributed by atoms with Gasteiger partial charge in [0.1, 0.15) is 42.4 Å². The van der Waals surface area contributed by atoms with Crippen LogP contribution in [0.2, 0.25) is 10.1 Å². The lowest BCUT2D eigenvalue weighted by atomic mass is 9.97. The van der Waals surface area contributed by atoms with Gasteiger partial charge in [0.2, 0.25) is 12.1 Å². The van der Waals surface area contributed by atoms with Crippen LogP contribution < -0.4 is 25.5 Å². The number of rotatable bonds is 15. The van der Waals surface area contributed by atoms with Crippen molar-refractivity contribution in [1.82, 2.24) is 0 Å². The smallest absolute Gasteiger partial charge is 0.358 e. The fraction of sp³-hybridized carbons (Fsp3) is 0.362. The zero-order chi connectivity index (χ0) is 51.4. The van der Waals surface area contributed by atoms with Crippen LogP contribution in [0.25, 0.3) is 0 Å². The Morgan fingerprint density at radius 1 is 0.603 bits per heavy atom. The fourth-order valence-corrected chi connectivity index (χ4v) is 20.0. The highest BCUT2D eigenvalue weighted by atomic mass is 32.1. The summed E-state index contributed by atoms with van der Waals surface area (Å²) in [6, 6.07) is 58.6. The van der Waals surface area contributed by atoms with Crippen molar-refractivity contribution in [2.24, 2.45) is 0 Å². The standard InChI is InChI=1S/C58H66O12SSi2/c1-56(2,3)72(42-29-17-9-18-30-42,43-31-19-10-20-32-43)63-38-46-48(59)52(61)58(69-46,39-64-73(57(4,5)6,44-33-21-11-22-34-44)45-35-23-12-24-36-45)70-54-51(68-55(71)65-41-27-15-8-16-28-41)49(60)50-47(66-54)37-62-53(67-50)40-25-13-7-14-26-40/h7-36,46-54,59-61H,37-39H2,1-6H3/t46-,47-,48-,49+,50-,51-,52+,53?,54-,58+/m1/s1. The topological polar surface area (TPSA) is 144 Å². The predicted octanol–water partition coefficient (Wildman–Crippen LogP) is 6.92. The molecule has 0 spiro atoms. The SMILES string of the molecule is CC(C)(C)[Si](OC[C@H]1O[C@@](CO[Si](c2ccccc2)(c2ccccc2)C(C)(C)C)(O[C@H]2O[C@@H]3COC(c4ccccc4)O[C@H]3[C@H](O)[C@H]2OC(=S)Oc2ccccc2)[C@@H](O)[C@@H]1O)(c1ccccc1)c1ccccc1. The van der Waals surface area contributed by atoms with Crippen LogP contribution in [-0.4, -0.2) is 112 Å². The molecule has 0 radical (unpaired) electrons. The molecule has 3 aliphatic rings. The third kappa shape index (κ3) is 10.7. The molecule has 6 aromatic carbocycles. The molecule has 9 rings (SSSR count). The molecular weight excluding hydrogens is 977 g/mol. The van der Waals surface area contributed by atoms with Crippen molar-refractivity contribution in [3.63, 3.8) is 0 Å². The van der Waals surface area contributed by atoms with E-state index in [-0.39, 0.29) is 18.5 Å². The molecule has 3 N–H and O–H groups in total. The van der Waals surface area contributed by atoms with E-state index >= 15 is 0 Å². The fourth-order valence-electron chi connectivity index (χ4n) is 10.7. The molecule has 384 valence electrons. The van der Waals surface area contributed by atoms with Crippen molar-refractivity contribution in [2.75, 3.05) is 19.8 Å². The van der Waals surface area contributed by atoms with Crippen LogP contribution in [-0.2, 0) is 37.3 Å². The van der Waals surface area contributed by atoms with Crippen molar-refractivity contribution in [3.05, 3.63) is 188 Å². The predicted molar refractivity (Wildman–Crippen MR) is 287 cm³/mol. The van der Waals surface area contributed by atoms with Crippen LogP contribution in [0.5, 0.6) is 5.75 Å². The summed E-state index contributed by atoms with van der Waals surface area (Å²) in [4.78, 5) is 0. The van der Waals surface area contributed by atoms with Gasteiger partial charge in [0.25, 0.3) is 16.6 Å². The molecular formula is C58H66O12SSi2. The number of aliphatic hydroxyl groups excluding tert-OH is 3. The normalized spacial score (nSPS) is 26.7. The summed E-state index contributed by atoms with van der Waals surface area (Å²) in [7, 11) is -6.62. The number of hydrogen-bond donors (Lipinski definition) is 3. The number of hydrogen-bond acceptors (Lipinski definition) is 13. The zero-order valence-corrected chi connectivity index (χ0v) is 44.9. The average Bonchev–Trinajstić information content (AvgIpc) is 3.63. The van der Waals surface area contributed by atoms with Gasteiger partial charge in [-0.05, 0) is 43.0 Å². The maximum Gasteiger partial charge on any atom is 0.358 e. The highest BCUT2D eigenvalue weighted by Crippen LogP contribution is 2.44. The van der Waals surface area contributed by atoms with Crippen molar-refractivity contribution in [2.45, 2.75) is 113 Å². The zero-order valence-electron chi connectivity index (χ0n) is 42.1. The van der Waals surface area contributed by atoms with Gasteiger partial charge in [0.15, 0.2) is 12.4 Å². The third-order valence-corrected chi connectivity index (χ3v) is 24.3. The Labute approximate surface area is 436 Å². The van der Waals surface area contributed by atoms with Gasteiger partial charge in [-0.2, -0.15) is 0 Å². The number of benzene rings is 6. The van der Waals surface area contributed by atoms with Crippen LogP contribution in [0.3, 0.4) is 0 Å². The first-order valence-electron chi connectivity index (χ1n) is 24.9. The summed E-state index contributed by atoms with van der Waals surface area (Å²) in [6.07, 6.45) is -11.7. The third-order valence-electron chi connectivity index (χ3n) is 14.2. The second-order valence-electron chi connectivity index (χ2n) is 20.9. The Bertz CT molecular complexity index is 2620. The number of aliphatic hydroxyl groups is 3. The molecule has 6 aromatic rings. The van der Waals surface area contributed by atoms with Crippen molar-refractivity contribution < 1.29 is 57.3 Å². The summed E-state index contributed by atoms with van der Waals surface area (Å²) in [6.45, 7) is 12.3.